The van der Waals surface area contributed by atoms with Gasteiger partial charge >= 0.3 is 12.0 Å². The summed E-state index contributed by atoms with van der Waals surface area (Å²) in [5.41, 5.74) is -0.504. The number of rotatable bonds is 6. The van der Waals surface area contributed by atoms with E-state index in [0.717, 1.165) is 12.8 Å². The van der Waals surface area contributed by atoms with Gasteiger partial charge in [0.25, 0.3) is 0 Å². The van der Waals surface area contributed by atoms with Gasteiger partial charge in [0.1, 0.15) is 6.54 Å². The number of amides is 2. The Morgan fingerprint density at radius 2 is 1.72 bits per heavy atom. The predicted molar refractivity (Wildman–Crippen MR) is 71.6 cm³/mol. The van der Waals surface area contributed by atoms with E-state index in [9.17, 15) is 9.59 Å². The maximum Gasteiger partial charge on any atom is 0.323 e. The number of carbonyl (C=O) groups excluding carboxylic acids is 1. The third-order valence-corrected chi connectivity index (χ3v) is 3.04. The average Bonchev–Trinajstić information content (AvgIpc) is 2.25. The van der Waals surface area contributed by atoms with E-state index in [1.54, 1.807) is 0 Å². The Bertz CT molecular complexity index is 280. The molecule has 0 bridgehead atoms. The van der Waals surface area contributed by atoms with E-state index in [4.69, 9.17) is 5.11 Å². The van der Waals surface area contributed by atoms with Crippen LogP contribution >= 0.6 is 0 Å². The summed E-state index contributed by atoms with van der Waals surface area (Å²) in [4.78, 5) is 24.1. The Hall–Kier alpha value is -1.26. The lowest BCUT2D eigenvalue weighted by molar-refractivity contribution is -0.138. The van der Waals surface area contributed by atoms with Crippen LogP contribution in [0, 0.1) is 5.92 Å². The highest BCUT2D eigenvalue weighted by molar-refractivity contribution is 5.80. The molecular weight excluding hydrogens is 232 g/mol. The van der Waals surface area contributed by atoms with Gasteiger partial charge in [0.05, 0.1) is 0 Å². The second-order valence-electron chi connectivity index (χ2n) is 5.52. The van der Waals surface area contributed by atoms with Crippen LogP contribution in [0.4, 0.5) is 4.79 Å². The first kappa shape index (κ1) is 16.7. The van der Waals surface area contributed by atoms with Gasteiger partial charge < -0.3 is 15.3 Å². The van der Waals surface area contributed by atoms with E-state index in [1.807, 2.05) is 20.8 Å². The molecule has 0 aliphatic rings. The molecule has 0 aromatic heterocycles. The van der Waals surface area contributed by atoms with Crippen LogP contribution in [-0.2, 0) is 4.79 Å². The molecule has 0 heterocycles. The fourth-order valence-corrected chi connectivity index (χ4v) is 1.65. The standard InChI is InChI=1S/C13H26N2O3/c1-6-10(7-2)8-14-12(18)15(9-11(16)17)13(3,4)5/h10H,6-9H2,1-5H3,(H,14,18)(H,16,17). The maximum absolute atomic E-state index is 12.0. The largest absolute Gasteiger partial charge is 0.480 e. The lowest BCUT2D eigenvalue weighted by atomic mass is 10.0. The monoisotopic (exact) mass is 258 g/mol. The van der Waals surface area contributed by atoms with Crippen molar-refractivity contribution >= 4 is 12.0 Å². The quantitative estimate of drug-likeness (QED) is 0.768. The molecule has 18 heavy (non-hydrogen) atoms. The van der Waals surface area contributed by atoms with Crippen molar-refractivity contribution in [3.63, 3.8) is 0 Å². The first-order valence-corrected chi connectivity index (χ1v) is 6.49. The number of nitrogens with one attached hydrogen (secondary N) is 1. The van der Waals surface area contributed by atoms with Gasteiger partial charge in [0.15, 0.2) is 0 Å². The van der Waals surface area contributed by atoms with Gasteiger partial charge in [-0.05, 0) is 26.7 Å². The summed E-state index contributed by atoms with van der Waals surface area (Å²) >= 11 is 0. The molecule has 2 amide bonds. The molecule has 0 spiro atoms. The number of carboxylic acid groups (broad SMARTS) is 1. The van der Waals surface area contributed by atoms with Gasteiger partial charge in [-0.15, -0.1) is 0 Å². The first-order valence-electron chi connectivity index (χ1n) is 6.49. The van der Waals surface area contributed by atoms with E-state index < -0.39 is 11.5 Å². The average molecular weight is 258 g/mol. The second kappa shape index (κ2) is 7.24. The summed E-state index contributed by atoms with van der Waals surface area (Å²) in [5.74, 6) is -0.553. The molecule has 0 aliphatic heterocycles. The van der Waals surface area contributed by atoms with Crippen molar-refractivity contribution < 1.29 is 14.7 Å². The molecule has 0 fully saturated rings. The van der Waals surface area contributed by atoms with E-state index in [2.05, 4.69) is 19.2 Å². The van der Waals surface area contributed by atoms with Crippen molar-refractivity contribution in [3.05, 3.63) is 0 Å². The fourth-order valence-electron chi connectivity index (χ4n) is 1.65. The summed E-state index contributed by atoms with van der Waals surface area (Å²) in [6.45, 7) is 9.96. The van der Waals surface area contributed by atoms with Crippen LogP contribution in [0.3, 0.4) is 0 Å². The van der Waals surface area contributed by atoms with Crippen LogP contribution in [0.25, 0.3) is 0 Å². The lowest BCUT2D eigenvalue weighted by Crippen LogP contribution is -2.53. The molecule has 0 aliphatic carbocycles. The summed E-state index contributed by atoms with van der Waals surface area (Å²) in [6, 6.07) is -0.309. The Morgan fingerprint density at radius 1 is 1.22 bits per heavy atom. The Balaban J connectivity index is 4.53. The molecule has 0 saturated carbocycles. The highest BCUT2D eigenvalue weighted by Crippen LogP contribution is 2.13. The Morgan fingerprint density at radius 3 is 2.06 bits per heavy atom. The summed E-state index contributed by atoms with van der Waals surface area (Å²) in [6.07, 6.45) is 2.01. The van der Waals surface area contributed by atoms with Crippen LogP contribution in [0.5, 0.6) is 0 Å². The predicted octanol–water partition coefficient (Wildman–Crippen LogP) is 2.32. The number of urea groups is 1. The maximum atomic E-state index is 12.0. The summed E-state index contributed by atoms with van der Waals surface area (Å²) in [7, 11) is 0. The van der Waals surface area contributed by atoms with Gasteiger partial charge in [0.2, 0.25) is 0 Å². The van der Waals surface area contributed by atoms with E-state index in [1.165, 1.54) is 4.90 Å². The molecule has 0 aromatic carbocycles. The van der Waals surface area contributed by atoms with Gasteiger partial charge in [-0.2, -0.15) is 0 Å². The molecule has 5 heteroatoms. The molecule has 2 N–H and O–H groups in total. The highest BCUT2D eigenvalue weighted by Gasteiger charge is 2.28. The topological polar surface area (TPSA) is 69.6 Å². The van der Waals surface area contributed by atoms with Crippen LogP contribution in [0.1, 0.15) is 47.5 Å². The van der Waals surface area contributed by atoms with Crippen LogP contribution in [0.2, 0.25) is 0 Å². The zero-order valence-corrected chi connectivity index (χ0v) is 12.1. The number of hydrogen-bond acceptors (Lipinski definition) is 2. The van der Waals surface area contributed by atoms with Crippen molar-refractivity contribution in [2.45, 2.75) is 53.0 Å². The Kier molecular flexibility index (Phi) is 6.73. The van der Waals surface area contributed by atoms with E-state index >= 15 is 0 Å². The molecule has 0 unspecified atom stereocenters. The van der Waals surface area contributed by atoms with Gasteiger partial charge in [-0.3, -0.25) is 4.79 Å². The normalized spacial score (nSPS) is 11.4. The summed E-state index contributed by atoms with van der Waals surface area (Å²) < 4.78 is 0. The molecule has 0 rings (SSSR count). The summed E-state index contributed by atoms with van der Waals surface area (Å²) in [5, 5.41) is 11.7. The second-order valence-corrected chi connectivity index (χ2v) is 5.52. The minimum absolute atomic E-state index is 0.280. The smallest absolute Gasteiger partial charge is 0.323 e. The fraction of sp³-hybridized carbons (Fsp3) is 0.846. The number of aliphatic carboxylic acids is 1. The number of hydrogen-bond donors (Lipinski definition) is 2. The number of carbonyl (C=O) groups is 2. The van der Waals surface area contributed by atoms with E-state index in [-0.39, 0.29) is 12.6 Å². The minimum Gasteiger partial charge on any atom is -0.480 e. The minimum atomic E-state index is -0.998. The molecule has 5 nitrogen and oxygen atoms in total. The SMILES string of the molecule is CCC(CC)CNC(=O)N(CC(=O)O)C(C)(C)C. The van der Waals surface area contributed by atoms with Crippen LogP contribution < -0.4 is 5.32 Å². The van der Waals surface area contributed by atoms with Gasteiger partial charge in [-0.1, -0.05) is 26.7 Å². The molecule has 0 radical (unpaired) electrons. The molecule has 0 aromatic rings. The zero-order valence-electron chi connectivity index (χ0n) is 12.1. The highest BCUT2D eigenvalue weighted by atomic mass is 16.4. The molecule has 0 atom stereocenters. The van der Waals surface area contributed by atoms with Gasteiger partial charge in [0, 0.05) is 12.1 Å². The van der Waals surface area contributed by atoms with Crippen molar-refractivity contribution in [1.29, 1.82) is 0 Å². The van der Waals surface area contributed by atoms with Crippen molar-refractivity contribution in [2.75, 3.05) is 13.1 Å². The molecule has 106 valence electrons. The van der Waals surface area contributed by atoms with Crippen molar-refractivity contribution in [3.8, 4) is 0 Å². The van der Waals surface area contributed by atoms with Crippen LogP contribution in [-0.4, -0.2) is 40.6 Å². The molecule has 0 saturated heterocycles. The number of carboxylic acids is 1. The lowest BCUT2D eigenvalue weighted by Gasteiger charge is -2.34. The van der Waals surface area contributed by atoms with Crippen LogP contribution in [0.15, 0.2) is 0 Å². The first-order chi connectivity index (χ1) is 8.22. The van der Waals surface area contributed by atoms with E-state index in [0.29, 0.717) is 12.5 Å². The van der Waals surface area contributed by atoms with Gasteiger partial charge in [-0.25, -0.2) is 4.79 Å². The van der Waals surface area contributed by atoms with Crippen molar-refractivity contribution in [2.24, 2.45) is 5.92 Å². The zero-order chi connectivity index (χ0) is 14.3. The molecular formula is C13H26N2O3. The Labute approximate surface area is 110 Å². The third-order valence-electron chi connectivity index (χ3n) is 3.04. The third kappa shape index (κ3) is 5.89. The van der Waals surface area contributed by atoms with Crippen molar-refractivity contribution in [1.82, 2.24) is 10.2 Å². The number of nitrogens with zero attached hydrogens (tertiary/aromatic N) is 1.